The molecule has 33 heavy (non-hydrogen) atoms. The van der Waals surface area contributed by atoms with E-state index in [1.165, 1.54) is 17.0 Å². The van der Waals surface area contributed by atoms with Gasteiger partial charge in [0.05, 0.1) is 5.56 Å². The van der Waals surface area contributed by atoms with Crippen molar-refractivity contribution in [2.24, 2.45) is 0 Å². The maximum absolute atomic E-state index is 13.0. The smallest absolute Gasteiger partial charge is 0.349 e. The summed E-state index contributed by atoms with van der Waals surface area (Å²) in [5.74, 6) is -0.412. The largest absolute Gasteiger partial charge is 0.416 e. The van der Waals surface area contributed by atoms with Crippen LogP contribution < -0.4 is 5.32 Å². The van der Waals surface area contributed by atoms with E-state index in [-0.39, 0.29) is 24.4 Å². The number of nitrogens with zero attached hydrogens (tertiary/aromatic N) is 2. The zero-order chi connectivity index (χ0) is 24.0. The van der Waals surface area contributed by atoms with Crippen LogP contribution in [0.3, 0.4) is 0 Å². The summed E-state index contributed by atoms with van der Waals surface area (Å²) in [6, 6.07) is 12.2. The molecule has 8 heteroatoms. The van der Waals surface area contributed by atoms with Gasteiger partial charge in [0.1, 0.15) is 0 Å². The van der Waals surface area contributed by atoms with Gasteiger partial charge < -0.3 is 15.1 Å². The average Bonchev–Trinajstić information content (AvgIpc) is 3.58. The van der Waals surface area contributed by atoms with E-state index in [0.717, 1.165) is 30.5 Å². The summed E-state index contributed by atoms with van der Waals surface area (Å²) in [6.45, 7) is 1.01. The van der Waals surface area contributed by atoms with Crippen molar-refractivity contribution >= 4 is 17.9 Å². The number of halogens is 3. The molecule has 1 saturated carbocycles. The van der Waals surface area contributed by atoms with Crippen molar-refractivity contribution in [1.82, 2.24) is 15.1 Å². The number of nitrogens with one attached hydrogen (secondary N) is 1. The predicted octanol–water partition coefficient (Wildman–Crippen LogP) is 4.20. The van der Waals surface area contributed by atoms with Gasteiger partial charge in [-0.15, -0.1) is 0 Å². The Kier molecular flexibility index (Phi) is 7.92. The Balaban J connectivity index is 1.68. The van der Waals surface area contributed by atoms with Crippen LogP contribution in [0.4, 0.5) is 13.2 Å². The monoisotopic (exact) mass is 459 g/mol. The molecule has 2 aromatic carbocycles. The molecule has 0 saturated heterocycles. The van der Waals surface area contributed by atoms with Crippen LogP contribution in [0.2, 0.25) is 0 Å². The van der Waals surface area contributed by atoms with E-state index in [1.807, 2.05) is 19.0 Å². The molecular formula is C25H28F3N3O2. The normalized spacial score (nSPS) is 14.0. The van der Waals surface area contributed by atoms with Crippen molar-refractivity contribution in [2.45, 2.75) is 31.6 Å². The second-order valence-corrected chi connectivity index (χ2v) is 8.46. The van der Waals surface area contributed by atoms with Crippen LogP contribution in [-0.2, 0) is 17.5 Å². The number of alkyl halides is 3. The van der Waals surface area contributed by atoms with Crippen LogP contribution in [-0.4, -0.2) is 54.8 Å². The molecule has 0 unspecified atom stereocenters. The highest BCUT2D eigenvalue weighted by atomic mass is 19.4. The minimum atomic E-state index is -4.43. The van der Waals surface area contributed by atoms with E-state index in [2.05, 4.69) is 5.32 Å². The highest BCUT2D eigenvalue weighted by Gasteiger charge is 2.30. The van der Waals surface area contributed by atoms with Gasteiger partial charge in [-0.2, -0.15) is 13.2 Å². The van der Waals surface area contributed by atoms with Crippen molar-refractivity contribution < 1.29 is 22.8 Å². The van der Waals surface area contributed by atoms with Crippen LogP contribution in [0.25, 0.3) is 6.08 Å². The third-order valence-corrected chi connectivity index (χ3v) is 5.26. The molecule has 1 aliphatic carbocycles. The quantitative estimate of drug-likeness (QED) is 0.572. The molecule has 1 fully saturated rings. The first-order valence-electron chi connectivity index (χ1n) is 10.8. The fourth-order valence-electron chi connectivity index (χ4n) is 3.17. The molecule has 0 atom stereocenters. The third-order valence-electron chi connectivity index (χ3n) is 5.26. The summed E-state index contributed by atoms with van der Waals surface area (Å²) in [5, 5.41) is 2.92. The average molecular weight is 460 g/mol. The SMILES string of the molecule is CN(C)CCN(Cc1cccc(C(F)(F)F)c1)C(=O)/C=C/c1ccc(C(=O)NC2CC2)cc1. The minimum Gasteiger partial charge on any atom is -0.349 e. The van der Waals surface area contributed by atoms with E-state index in [4.69, 9.17) is 0 Å². The topological polar surface area (TPSA) is 52.7 Å². The Hall–Kier alpha value is -3.13. The summed E-state index contributed by atoms with van der Waals surface area (Å²) in [4.78, 5) is 28.4. The third kappa shape index (κ3) is 7.75. The second-order valence-electron chi connectivity index (χ2n) is 8.46. The van der Waals surface area contributed by atoms with Gasteiger partial charge in [-0.25, -0.2) is 0 Å². The lowest BCUT2D eigenvalue weighted by atomic mass is 10.1. The molecular weight excluding hydrogens is 431 g/mol. The summed E-state index contributed by atoms with van der Waals surface area (Å²) >= 11 is 0. The zero-order valence-electron chi connectivity index (χ0n) is 18.7. The van der Waals surface area contributed by atoms with Crippen molar-refractivity contribution in [3.8, 4) is 0 Å². The predicted molar refractivity (Wildman–Crippen MR) is 121 cm³/mol. The Labute approximate surface area is 191 Å². The van der Waals surface area contributed by atoms with Gasteiger partial charge in [0.25, 0.3) is 5.91 Å². The van der Waals surface area contributed by atoms with Gasteiger partial charge >= 0.3 is 6.18 Å². The molecule has 1 aliphatic rings. The molecule has 0 aliphatic heterocycles. The first kappa shape index (κ1) is 24.5. The van der Waals surface area contributed by atoms with Gasteiger partial charge in [-0.05, 0) is 68.4 Å². The summed E-state index contributed by atoms with van der Waals surface area (Å²) in [7, 11) is 3.73. The Bertz CT molecular complexity index is 997. The van der Waals surface area contributed by atoms with Crippen molar-refractivity contribution in [2.75, 3.05) is 27.2 Å². The van der Waals surface area contributed by atoms with Crippen molar-refractivity contribution in [1.29, 1.82) is 0 Å². The molecule has 0 aromatic heterocycles. The van der Waals surface area contributed by atoms with Crippen LogP contribution >= 0.6 is 0 Å². The molecule has 1 N–H and O–H groups in total. The van der Waals surface area contributed by atoms with Crippen LogP contribution in [0.1, 0.15) is 39.9 Å². The summed E-state index contributed by atoms with van der Waals surface area (Å²) in [6.07, 6.45) is 0.636. The second kappa shape index (κ2) is 10.7. The van der Waals surface area contributed by atoms with E-state index in [0.29, 0.717) is 24.2 Å². The molecule has 0 radical (unpaired) electrons. The molecule has 0 bridgehead atoms. The van der Waals surface area contributed by atoms with Crippen LogP contribution in [0.15, 0.2) is 54.6 Å². The van der Waals surface area contributed by atoms with E-state index < -0.39 is 11.7 Å². The van der Waals surface area contributed by atoms with Crippen molar-refractivity contribution in [3.63, 3.8) is 0 Å². The summed E-state index contributed by atoms with van der Waals surface area (Å²) in [5.41, 5.74) is 0.984. The van der Waals surface area contributed by atoms with E-state index in [9.17, 15) is 22.8 Å². The lowest BCUT2D eigenvalue weighted by Crippen LogP contribution is -2.35. The lowest BCUT2D eigenvalue weighted by Gasteiger charge is -2.24. The number of hydrogen-bond acceptors (Lipinski definition) is 3. The molecule has 176 valence electrons. The van der Waals surface area contributed by atoms with Gasteiger partial charge in [-0.3, -0.25) is 9.59 Å². The molecule has 5 nitrogen and oxygen atoms in total. The van der Waals surface area contributed by atoms with Gasteiger partial charge in [0, 0.05) is 37.3 Å². The van der Waals surface area contributed by atoms with Crippen LogP contribution in [0, 0.1) is 0 Å². The highest BCUT2D eigenvalue weighted by Crippen LogP contribution is 2.29. The number of benzene rings is 2. The molecule has 0 spiro atoms. The molecule has 2 amide bonds. The Morgan fingerprint density at radius 2 is 1.76 bits per heavy atom. The van der Waals surface area contributed by atoms with E-state index >= 15 is 0 Å². The number of carbonyl (C=O) groups is 2. The van der Waals surface area contributed by atoms with Gasteiger partial charge in [0.2, 0.25) is 5.91 Å². The lowest BCUT2D eigenvalue weighted by molar-refractivity contribution is -0.137. The minimum absolute atomic E-state index is 0.0706. The molecule has 3 rings (SSSR count). The van der Waals surface area contributed by atoms with Gasteiger partial charge in [-0.1, -0.05) is 24.3 Å². The Morgan fingerprint density at radius 3 is 2.36 bits per heavy atom. The fourth-order valence-corrected chi connectivity index (χ4v) is 3.17. The Morgan fingerprint density at radius 1 is 1.06 bits per heavy atom. The molecule has 0 heterocycles. The molecule has 2 aromatic rings. The number of carbonyl (C=O) groups excluding carboxylic acids is 2. The fraction of sp³-hybridized carbons (Fsp3) is 0.360. The van der Waals surface area contributed by atoms with Crippen molar-refractivity contribution in [3.05, 3.63) is 76.9 Å². The first-order valence-corrected chi connectivity index (χ1v) is 10.8. The maximum atomic E-state index is 13.0. The number of hydrogen-bond donors (Lipinski definition) is 1. The van der Waals surface area contributed by atoms with E-state index in [1.54, 1.807) is 36.4 Å². The van der Waals surface area contributed by atoms with Crippen LogP contribution in [0.5, 0.6) is 0 Å². The zero-order valence-corrected chi connectivity index (χ0v) is 18.7. The number of rotatable bonds is 9. The first-order chi connectivity index (χ1) is 15.6. The standard InChI is InChI=1S/C25H28F3N3O2/c1-30(2)14-15-31(17-19-4-3-5-21(16-19)25(26,27)28)23(32)13-8-18-6-9-20(10-7-18)24(33)29-22-11-12-22/h3-10,13,16,22H,11-12,14-15,17H2,1-2H3,(H,29,33)/b13-8+. The highest BCUT2D eigenvalue weighted by molar-refractivity contribution is 5.95. The maximum Gasteiger partial charge on any atom is 0.416 e. The van der Waals surface area contributed by atoms with Gasteiger partial charge in [0.15, 0.2) is 0 Å². The number of likely N-dealkylation sites (N-methyl/N-ethyl adjacent to an activating group) is 1. The summed E-state index contributed by atoms with van der Waals surface area (Å²) < 4.78 is 39.1. The number of amides is 2.